The molecule has 2 rings (SSSR count). The van der Waals surface area contributed by atoms with Gasteiger partial charge in [-0.25, -0.2) is 0 Å². The van der Waals surface area contributed by atoms with Crippen LogP contribution in [0.5, 0.6) is 0 Å². The van der Waals surface area contributed by atoms with E-state index in [1.54, 1.807) is 0 Å². The third kappa shape index (κ3) is 1.55. The van der Waals surface area contributed by atoms with E-state index in [2.05, 4.69) is 12.1 Å². The van der Waals surface area contributed by atoms with Crippen molar-refractivity contribution in [1.82, 2.24) is 0 Å². The number of benzene rings is 1. The van der Waals surface area contributed by atoms with Gasteiger partial charge in [-0.15, -0.1) is 0 Å². The van der Waals surface area contributed by atoms with Gasteiger partial charge in [-0.1, -0.05) is 23.7 Å². The summed E-state index contributed by atoms with van der Waals surface area (Å²) in [5, 5.41) is 9.45. The first kappa shape index (κ1) is 8.59. The molecule has 0 amide bonds. The first-order valence-electron chi connectivity index (χ1n) is 4.44. The number of rotatable bonds is 1. The maximum atomic E-state index is 8.59. The van der Waals surface area contributed by atoms with Gasteiger partial charge < -0.3 is 0 Å². The summed E-state index contributed by atoms with van der Waals surface area (Å²) in [5.41, 5.74) is 2.58. The van der Waals surface area contributed by atoms with Crippen molar-refractivity contribution in [3.8, 4) is 6.07 Å². The molecule has 0 aromatic heterocycles. The fraction of sp³-hybridized carbons (Fsp3) is 0.364. The van der Waals surface area contributed by atoms with Gasteiger partial charge in [0.1, 0.15) is 0 Å². The van der Waals surface area contributed by atoms with Crippen LogP contribution in [-0.4, -0.2) is 0 Å². The molecule has 2 heteroatoms. The van der Waals surface area contributed by atoms with Gasteiger partial charge in [0.15, 0.2) is 0 Å². The number of halogens is 1. The van der Waals surface area contributed by atoms with Crippen molar-refractivity contribution in [1.29, 1.82) is 5.26 Å². The van der Waals surface area contributed by atoms with Crippen molar-refractivity contribution in [2.24, 2.45) is 5.92 Å². The van der Waals surface area contributed by atoms with Gasteiger partial charge in [0.2, 0.25) is 0 Å². The number of fused-ring (bicyclic) bond motifs is 1. The lowest BCUT2D eigenvalue weighted by molar-refractivity contribution is 0.577. The van der Waals surface area contributed by atoms with Crippen LogP contribution >= 0.6 is 11.6 Å². The number of hydrogen-bond acceptors (Lipinski definition) is 1. The van der Waals surface area contributed by atoms with Gasteiger partial charge in [0.25, 0.3) is 0 Å². The molecule has 1 unspecified atom stereocenters. The Hall–Kier alpha value is -1.00. The SMILES string of the molecule is N#CCC1Cc2cccc(Cl)c2C1. The van der Waals surface area contributed by atoms with Crippen molar-refractivity contribution in [2.75, 3.05) is 0 Å². The molecule has 0 N–H and O–H groups in total. The lowest BCUT2D eigenvalue weighted by Crippen LogP contribution is -1.96. The normalized spacial score (nSPS) is 19.5. The van der Waals surface area contributed by atoms with Gasteiger partial charge >= 0.3 is 0 Å². The third-order valence-electron chi connectivity index (χ3n) is 2.60. The average Bonchev–Trinajstić information content (AvgIpc) is 2.49. The minimum absolute atomic E-state index is 0.486. The topological polar surface area (TPSA) is 23.8 Å². The van der Waals surface area contributed by atoms with E-state index in [1.165, 1.54) is 11.1 Å². The highest BCUT2D eigenvalue weighted by molar-refractivity contribution is 6.31. The monoisotopic (exact) mass is 191 g/mol. The molecule has 0 spiro atoms. The molecular weight excluding hydrogens is 182 g/mol. The Morgan fingerprint density at radius 2 is 2.31 bits per heavy atom. The lowest BCUT2D eigenvalue weighted by Gasteiger charge is -2.00. The molecule has 1 aliphatic rings. The summed E-state index contributed by atoms with van der Waals surface area (Å²) in [6.07, 6.45) is 2.64. The van der Waals surface area contributed by atoms with E-state index >= 15 is 0 Å². The van der Waals surface area contributed by atoms with E-state index in [0.717, 1.165) is 17.9 Å². The van der Waals surface area contributed by atoms with E-state index < -0.39 is 0 Å². The summed E-state index contributed by atoms with van der Waals surface area (Å²) in [6.45, 7) is 0. The molecule has 0 fully saturated rings. The molecule has 1 atom stereocenters. The maximum absolute atomic E-state index is 8.59. The quantitative estimate of drug-likeness (QED) is 0.670. The van der Waals surface area contributed by atoms with Gasteiger partial charge in [0.05, 0.1) is 6.07 Å². The summed E-state index contributed by atoms with van der Waals surface area (Å²) < 4.78 is 0. The summed E-state index contributed by atoms with van der Waals surface area (Å²) in [4.78, 5) is 0. The number of hydrogen-bond donors (Lipinski definition) is 0. The van der Waals surface area contributed by atoms with Gasteiger partial charge in [-0.3, -0.25) is 0 Å². The molecule has 1 aliphatic carbocycles. The Labute approximate surface area is 82.9 Å². The second kappa shape index (κ2) is 3.40. The minimum atomic E-state index is 0.486. The largest absolute Gasteiger partial charge is 0.198 e. The van der Waals surface area contributed by atoms with Gasteiger partial charge in [-0.05, 0) is 36.0 Å². The minimum Gasteiger partial charge on any atom is -0.198 e. The van der Waals surface area contributed by atoms with E-state index in [4.69, 9.17) is 16.9 Å². The van der Waals surface area contributed by atoms with E-state index in [0.29, 0.717) is 12.3 Å². The smallest absolute Gasteiger partial charge is 0.0624 e. The van der Waals surface area contributed by atoms with Gasteiger partial charge in [-0.2, -0.15) is 5.26 Å². The first-order valence-corrected chi connectivity index (χ1v) is 4.82. The Balaban J connectivity index is 2.26. The predicted octanol–water partition coefficient (Wildman–Crippen LogP) is 2.97. The molecule has 0 saturated heterocycles. The molecule has 1 aromatic rings. The highest BCUT2D eigenvalue weighted by Crippen LogP contribution is 2.33. The molecule has 1 nitrogen and oxygen atoms in total. The van der Waals surface area contributed by atoms with Crippen LogP contribution in [0, 0.1) is 17.2 Å². The first-order chi connectivity index (χ1) is 6.31. The summed E-state index contributed by atoms with van der Waals surface area (Å²) in [5.74, 6) is 0.486. The Morgan fingerprint density at radius 3 is 3.00 bits per heavy atom. The second-order valence-corrected chi connectivity index (χ2v) is 3.92. The standard InChI is InChI=1S/C11H10ClN/c12-11-3-1-2-9-6-8(4-5-13)7-10(9)11/h1-3,8H,4,6-7H2. The van der Waals surface area contributed by atoms with Crippen LogP contribution in [0.3, 0.4) is 0 Å². The van der Waals surface area contributed by atoms with Crippen LogP contribution in [0.25, 0.3) is 0 Å². The molecule has 13 heavy (non-hydrogen) atoms. The molecule has 0 saturated carbocycles. The van der Waals surface area contributed by atoms with Crippen molar-refractivity contribution < 1.29 is 0 Å². The molecule has 66 valence electrons. The zero-order valence-electron chi connectivity index (χ0n) is 7.26. The zero-order valence-corrected chi connectivity index (χ0v) is 8.01. The van der Waals surface area contributed by atoms with Crippen molar-refractivity contribution in [2.45, 2.75) is 19.3 Å². The van der Waals surface area contributed by atoms with E-state index in [1.807, 2.05) is 12.1 Å². The van der Waals surface area contributed by atoms with Crippen LogP contribution in [0.1, 0.15) is 17.5 Å². The lowest BCUT2D eigenvalue weighted by atomic mass is 10.0. The molecule has 0 radical (unpaired) electrons. The van der Waals surface area contributed by atoms with Crippen molar-refractivity contribution in [3.63, 3.8) is 0 Å². The molecule has 1 aromatic carbocycles. The summed E-state index contributed by atoms with van der Waals surface area (Å²) in [7, 11) is 0. The fourth-order valence-corrected chi connectivity index (χ4v) is 2.24. The number of nitrogens with zero attached hydrogens (tertiary/aromatic N) is 1. The van der Waals surface area contributed by atoms with Gasteiger partial charge in [0, 0.05) is 11.4 Å². The van der Waals surface area contributed by atoms with Crippen LogP contribution in [-0.2, 0) is 12.8 Å². The van der Waals surface area contributed by atoms with E-state index in [9.17, 15) is 0 Å². The Morgan fingerprint density at radius 1 is 1.46 bits per heavy atom. The molecule has 0 heterocycles. The summed E-state index contributed by atoms with van der Waals surface area (Å²) >= 11 is 6.05. The maximum Gasteiger partial charge on any atom is 0.0624 e. The highest BCUT2D eigenvalue weighted by Gasteiger charge is 2.22. The average molecular weight is 192 g/mol. The van der Waals surface area contributed by atoms with Crippen LogP contribution in [0.2, 0.25) is 5.02 Å². The Bertz CT molecular complexity index is 365. The third-order valence-corrected chi connectivity index (χ3v) is 2.95. The summed E-state index contributed by atoms with van der Waals surface area (Å²) in [6, 6.07) is 8.24. The van der Waals surface area contributed by atoms with Crippen molar-refractivity contribution >= 4 is 11.6 Å². The zero-order chi connectivity index (χ0) is 9.26. The molecule has 0 aliphatic heterocycles. The van der Waals surface area contributed by atoms with E-state index in [-0.39, 0.29) is 0 Å². The number of nitriles is 1. The van der Waals surface area contributed by atoms with Crippen LogP contribution < -0.4 is 0 Å². The van der Waals surface area contributed by atoms with Crippen molar-refractivity contribution in [3.05, 3.63) is 34.3 Å². The second-order valence-electron chi connectivity index (χ2n) is 3.51. The fourth-order valence-electron chi connectivity index (χ4n) is 1.97. The van der Waals surface area contributed by atoms with Crippen LogP contribution in [0.4, 0.5) is 0 Å². The molecule has 0 bridgehead atoms. The Kier molecular flexibility index (Phi) is 2.24. The predicted molar refractivity (Wildman–Crippen MR) is 52.6 cm³/mol. The highest BCUT2D eigenvalue weighted by atomic mass is 35.5. The van der Waals surface area contributed by atoms with Crippen LogP contribution in [0.15, 0.2) is 18.2 Å². The molecular formula is C11H10ClN.